The molecule has 0 atom stereocenters. The molecule has 0 aromatic heterocycles. The van der Waals surface area contributed by atoms with Gasteiger partial charge in [0.15, 0.2) is 92.0 Å². The third kappa shape index (κ3) is 16.9. The number of nitrogen functional groups attached to an aromatic ring is 1. The van der Waals surface area contributed by atoms with Crippen molar-refractivity contribution in [2.45, 2.75) is 77.4 Å². The van der Waals surface area contributed by atoms with Crippen molar-refractivity contribution in [3.8, 4) is 136 Å². The summed E-state index contributed by atoms with van der Waals surface area (Å²) in [5.41, 5.74) is 24.4. The van der Waals surface area contributed by atoms with Gasteiger partial charge in [-0.1, -0.05) is 223 Å². The number of nitrogens with one attached hydrogen (secondary N) is 1. The number of fused-ring (bicyclic) bond motifs is 14. The molecular formula is C102H81BBr2ClIN2O10. The van der Waals surface area contributed by atoms with Crippen LogP contribution in [0.4, 0.5) is 17.1 Å². The minimum absolute atomic E-state index is 0.00772. The van der Waals surface area contributed by atoms with Crippen molar-refractivity contribution in [2.75, 3.05) is 11.1 Å². The molecule has 0 bridgehead atoms. The number of para-hydroxylation sites is 8. The first-order valence-electron chi connectivity index (χ1n) is 39.1. The fraction of sp³-hybridized carbons (Fsp3) is 0.118. The highest BCUT2D eigenvalue weighted by Gasteiger charge is 2.52. The minimum atomic E-state index is -0.411. The number of rotatable bonds is 5. The SMILES string of the molecule is Brc1ccc(-c2ccc3c(c2)Oc2ccccc2O3)cc1.Brc1ccc(I)cc1.CC1(C)OB(c2ccc3c(c2)Oc2ccccc2O3)OC1(C)C.CC1(C)c2ccccc2-c2ccc(N)cc21.CC1(C)c2ccccc2-c2ccc(Nc3ccc(-c4ccc5c(c4)Oc4ccccc4O5)cc3)cc21.Clc1ccc2c(c1)Oc1ccccc1O2. The maximum absolute atomic E-state index is 6.09. The van der Waals surface area contributed by atoms with Crippen molar-refractivity contribution >= 4 is 95.7 Å². The Kier molecular flexibility index (Phi) is 22.3. The Morgan fingerprint density at radius 3 is 1.05 bits per heavy atom. The van der Waals surface area contributed by atoms with Crippen LogP contribution in [0.3, 0.4) is 0 Å². The number of ether oxygens (including phenoxy) is 8. The van der Waals surface area contributed by atoms with Crippen molar-refractivity contribution < 1.29 is 47.2 Å². The molecule has 119 heavy (non-hydrogen) atoms. The van der Waals surface area contributed by atoms with Gasteiger partial charge in [-0.3, -0.25) is 0 Å². The summed E-state index contributed by atoms with van der Waals surface area (Å²) >= 11 is 14.9. The average molecular weight is 1830 g/mol. The van der Waals surface area contributed by atoms with E-state index < -0.39 is 7.12 Å². The highest BCUT2D eigenvalue weighted by molar-refractivity contribution is 14.1. The van der Waals surface area contributed by atoms with Crippen LogP contribution in [0.2, 0.25) is 5.02 Å². The largest absolute Gasteiger partial charge is 0.494 e. The molecule has 1 fully saturated rings. The Labute approximate surface area is 729 Å². The predicted octanol–water partition coefficient (Wildman–Crippen LogP) is 30.1. The maximum atomic E-state index is 6.09. The predicted molar refractivity (Wildman–Crippen MR) is 494 cm³/mol. The number of anilines is 3. The van der Waals surface area contributed by atoms with Gasteiger partial charge >= 0.3 is 7.12 Å². The fourth-order valence-corrected chi connectivity index (χ4v) is 16.1. The Bertz CT molecular complexity index is 6300. The van der Waals surface area contributed by atoms with Crippen LogP contribution in [-0.2, 0) is 20.1 Å². The molecule has 17 heteroatoms. The number of hydrogen-bond donors (Lipinski definition) is 2. The zero-order chi connectivity index (χ0) is 82.3. The first-order chi connectivity index (χ1) is 57.4. The molecule has 0 spiro atoms. The Morgan fingerprint density at radius 1 is 0.294 bits per heavy atom. The van der Waals surface area contributed by atoms with E-state index in [0.717, 1.165) is 111 Å². The average Bonchev–Trinajstić information content (AvgIpc) is 1.59. The molecule has 590 valence electrons. The zero-order valence-corrected chi connectivity index (χ0v) is 72.5. The van der Waals surface area contributed by atoms with Gasteiger partial charge in [0.2, 0.25) is 0 Å². The summed E-state index contributed by atoms with van der Waals surface area (Å²) in [4.78, 5) is 0. The van der Waals surface area contributed by atoms with Gasteiger partial charge in [0.1, 0.15) is 0 Å². The molecule has 3 N–H and O–H groups in total. The molecule has 22 rings (SSSR count). The number of halogens is 4. The van der Waals surface area contributed by atoms with Gasteiger partial charge in [-0.2, -0.15) is 0 Å². The van der Waals surface area contributed by atoms with Crippen LogP contribution in [0.25, 0.3) is 44.5 Å². The van der Waals surface area contributed by atoms with E-state index in [2.05, 4.69) is 221 Å². The van der Waals surface area contributed by atoms with E-state index in [1.165, 1.54) is 48.1 Å². The highest BCUT2D eigenvalue weighted by atomic mass is 127. The van der Waals surface area contributed by atoms with Gasteiger partial charge in [0, 0.05) is 51.5 Å². The van der Waals surface area contributed by atoms with E-state index >= 15 is 0 Å². The van der Waals surface area contributed by atoms with E-state index in [1.807, 2.05) is 204 Å². The third-order valence-electron chi connectivity index (χ3n) is 22.1. The summed E-state index contributed by atoms with van der Waals surface area (Å²) < 4.78 is 62.6. The lowest BCUT2D eigenvalue weighted by Gasteiger charge is -2.32. The molecular weight excluding hydrogens is 1750 g/mol. The van der Waals surface area contributed by atoms with Gasteiger partial charge in [-0.25, -0.2) is 0 Å². The molecule has 5 aliphatic heterocycles. The zero-order valence-electron chi connectivity index (χ0n) is 66.4. The maximum Gasteiger partial charge on any atom is 0.494 e. The van der Waals surface area contributed by atoms with E-state index in [0.29, 0.717) is 39.5 Å². The third-order valence-corrected chi connectivity index (χ3v) is 24.1. The smallest absolute Gasteiger partial charge is 0.450 e. The van der Waals surface area contributed by atoms with E-state index in [4.69, 9.17) is 64.5 Å². The van der Waals surface area contributed by atoms with E-state index in [-0.39, 0.29) is 22.0 Å². The summed E-state index contributed by atoms with van der Waals surface area (Å²) in [6.07, 6.45) is 0. The molecule has 7 aliphatic rings. The second-order valence-corrected chi connectivity index (χ2v) is 34.9. The first-order valence-corrected chi connectivity index (χ1v) is 42.1. The first kappa shape index (κ1) is 79.7. The Hall–Kier alpha value is -11.7. The lowest BCUT2D eigenvalue weighted by atomic mass is 9.79. The molecule has 15 aromatic carbocycles. The topological polar surface area (TPSA) is 130 Å². The summed E-state index contributed by atoms with van der Waals surface area (Å²) in [5, 5.41) is 4.23. The molecule has 12 nitrogen and oxygen atoms in total. The Balaban J connectivity index is 0.000000107. The van der Waals surface area contributed by atoms with Crippen molar-refractivity contribution in [3.63, 3.8) is 0 Å². The van der Waals surface area contributed by atoms with Crippen LogP contribution in [0, 0.1) is 3.57 Å². The highest BCUT2D eigenvalue weighted by Crippen LogP contribution is 2.54. The second-order valence-electron chi connectivity index (χ2n) is 31.4. The van der Waals surface area contributed by atoms with E-state index in [1.54, 1.807) is 18.2 Å². The molecule has 0 amide bonds. The molecule has 2 aliphatic carbocycles. The quantitative estimate of drug-likeness (QED) is 0.0966. The van der Waals surface area contributed by atoms with Crippen LogP contribution < -0.4 is 54.4 Å². The van der Waals surface area contributed by atoms with Crippen molar-refractivity contribution in [3.05, 3.63) is 367 Å². The van der Waals surface area contributed by atoms with Gasteiger partial charge in [-0.15, -0.1) is 0 Å². The molecule has 15 aromatic rings. The fourth-order valence-electron chi connectivity index (χ4n) is 15.1. The Morgan fingerprint density at radius 2 is 0.613 bits per heavy atom. The van der Waals surface area contributed by atoms with Crippen LogP contribution in [-0.4, -0.2) is 18.3 Å². The summed E-state index contributed by atoms with van der Waals surface area (Å²) in [7, 11) is -0.411. The molecule has 5 heterocycles. The molecule has 0 unspecified atom stereocenters. The number of nitrogens with two attached hydrogens (primary N) is 1. The lowest BCUT2D eigenvalue weighted by molar-refractivity contribution is 0.00578. The van der Waals surface area contributed by atoms with Crippen LogP contribution in [0.5, 0.6) is 92.0 Å². The molecule has 1 saturated heterocycles. The standard InChI is InChI=1S/C33H25NO2.C18H19BO4.C18H11BrO2.C15H15N.C12H7ClO2.C6H4BrI/c1-33(2)27-8-4-3-7-25(27)26-17-16-24(20-28(26)33)34-23-14-11-21(12-15-23)22-13-18-31-32(19-22)36-30-10-6-5-9-29(30)35-31;1-17(2)18(3,4)23-19(22-17)12-9-10-15-16(11-12)21-14-8-6-5-7-13(14)20-15;19-14-8-5-12(6-9-14)13-7-10-17-18(11-13)21-16-4-2-1-3-15(16)20-17;1-15(2)13-6-4-3-5-11(13)12-8-7-10(16)9-14(12)15;13-8-5-6-11-12(7-8)15-10-4-2-1-3-9(10)14-11;7-5-1-3-6(8)4-2-5/h3-20,34H,1-2H3;5-11H,1-4H3;1-11H;3-9H,16H2,1-2H3;1-7H;1-4H. The van der Waals surface area contributed by atoms with Crippen LogP contribution >= 0.6 is 66.1 Å². The number of benzene rings is 15. The minimum Gasteiger partial charge on any atom is -0.450 e. The van der Waals surface area contributed by atoms with Crippen molar-refractivity contribution in [1.82, 2.24) is 0 Å². The van der Waals surface area contributed by atoms with Crippen LogP contribution in [0.1, 0.15) is 77.6 Å². The summed E-state index contributed by atoms with van der Waals surface area (Å²) in [6, 6.07) is 109. The van der Waals surface area contributed by atoms with Crippen LogP contribution in [0.15, 0.2) is 337 Å². The second kappa shape index (κ2) is 33.2. The normalized spacial score (nSPS) is 14.5. The van der Waals surface area contributed by atoms with Gasteiger partial charge in [-0.05, 0) is 292 Å². The number of hydrogen-bond acceptors (Lipinski definition) is 12. The van der Waals surface area contributed by atoms with Gasteiger partial charge < -0.3 is 58.3 Å². The van der Waals surface area contributed by atoms with Crippen molar-refractivity contribution in [2.24, 2.45) is 0 Å². The van der Waals surface area contributed by atoms with Crippen molar-refractivity contribution in [1.29, 1.82) is 0 Å². The summed E-state index contributed by atoms with van der Waals surface area (Å²) in [5.74, 6) is 11.5. The molecule has 0 saturated carbocycles. The van der Waals surface area contributed by atoms with E-state index in [9.17, 15) is 0 Å². The van der Waals surface area contributed by atoms with Gasteiger partial charge in [0.05, 0.1) is 11.2 Å². The summed E-state index contributed by atoms with van der Waals surface area (Å²) in [6.45, 7) is 17.3. The van der Waals surface area contributed by atoms with Gasteiger partial charge in [0.25, 0.3) is 0 Å². The monoisotopic (exact) mass is 1820 g/mol. The molecule has 0 radical (unpaired) electrons. The lowest BCUT2D eigenvalue weighted by Crippen LogP contribution is -2.41.